The molecule has 1 fully saturated rings. The van der Waals surface area contributed by atoms with Gasteiger partial charge in [0.1, 0.15) is 5.69 Å². The summed E-state index contributed by atoms with van der Waals surface area (Å²) in [5, 5.41) is 6.64. The molecule has 0 unspecified atom stereocenters. The number of nitrogens with one attached hydrogen (secondary N) is 1. The fraction of sp³-hybridized carbons (Fsp3) is 0.467. The average molecular weight is 320 g/mol. The number of rotatable bonds is 4. The van der Waals surface area contributed by atoms with Gasteiger partial charge in [-0.05, 0) is 19.8 Å². The number of aromatic nitrogens is 2. The smallest absolute Gasteiger partial charge is 0.357 e. The van der Waals surface area contributed by atoms with E-state index in [2.05, 4.69) is 10.2 Å². The molecule has 0 amide bonds. The van der Waals surface area contributed by atoms with Crippen LogP contribution in [0.4, 0.5) is 0 Å². The molecule has 1 aromatic rings. The molecule has 2 aliphatic rings. The number of allylic oxidation sites excluding steroid dienone is 2. The molecular weight excluding hydrogens is 304 g/mol. The Labute approximate surface area is 131 Å². The van der Waals surface area contributed by atoms with Gasteiger partial charge in [-0.1, -0.05) is 12.8 Å². The third-order valence-electron chi connectivity index (χ3n) is 3.79. The third kappa shape index (κ3) is 2.61. The summed E-state index contributed by atoms with van der Waals surface area (Å²) in [5.41, 5.74) is 0.0168. The summed E-state index contributed by atoms with van der Waals surface area (Å²) in [4.78, 5) is 37.1. The molecule has 1 saturated carbocycles. The lowest BCUT2D eigenvalue weighted by Crippen LogP contribution is -2.19. The predicted octanol–water partition coefficient (Wildman–Crippen LogP) is 2.53. The molecule has 0 bridgehead atoms. The zero-order chi connectivity index (χ0) is 15.7. The number of esters is 1. The fourth-order valence-electron chi connectivity index (χ4n) is 2.74. The number of carbonyl (C=O) groups is 3. The van der Waals surface area contributed by atoms with Gasteiger partial charge in [0.2, 0.25) is 11.6 Å². The van der Waals surface area contributed by atoms with E-state index in [9.17, 15) is 14.4 Å². The van der Waals surface area contributed by atoms with E-state index in [1.165, 1.54) is 17.8 Å². The van der Waals surface area contributed by atoms with Crippen molar-refractivity contribution in [2.45, 2.75) is 37.9 Å². The van der Waals surface area contributed by atoms with Crippen LogP contribution in [-0.4, -0.2) is 39.6 Å². The van der Waals surface area contributed by atoms with E-state index >= 15 is 0 Å². The van der Waals surface area contributed by atoms with Crippen molar-refractivity contribution in [1.82, 2.24) is 10.2 Å². The molecule has 6 nitrogen and oxygen atoms in total. The van der Waals surface area contributed by atoms with Gasteiger partial charge < -0.3 is 4.74 Å². The predicted molar refractivity (Wildman–Crippen MR) is 81.1 cm³/mol. The number of ether oxygens (including phenoxy) is 1. The van der Waals surface area contributed by atoms with E-state index in [1.54, 1.807) is 6.92 Å². The summed E-state index contributed by atoms with van der Waals surface area (Å²) < 4.78 is 4.90. The first-order valence-electron chi connectivity index (χ1n) is 7.34. The van der Waals surface area contributed by atoms with Gasteiger partial charge in [0, 0.05) is 11.3 Å². The number of hydrogen-bond acceptors (Lipinski definition) is 6. The van der Waals surface area contributed by atoms with Crippen LogP contribution in [-0.2, 0) is 4.74 Å². The van der Waals surface area contributed by atoms with Gasteiger partial charge in [-0.15, -0.1) is 11.8 Å². The Morgan fingerprint density at radius 2 is 2.14 bits per heavy atom. The lowest BCUT2D eigenvalue weighted by Gasteiger charge is -2.15. The molecule has 0 saturated heterocycles. The van der Waals surface area contributed by atoms with Gasteiger partial charge >= 0.3 is 5.97 Å². The number of thioether (sulfide) groups is 1. The maximum absolute atomic E-state index is 12.6. The fourth-order valence-corrected chi connectivity index (χ4v) is 4.05. The minimum atomic E-state index is -0.662. The Balaban J connectivity index is 1.90. The van der Waals surface area contributed by atoms with Crippen molar-refractivity contribution in [2.24, 2.45) is 0 Å². The summed E-state index contributed by atoms with van der Waals surface area (Å²) in [6, 6.07) is 0. The van der Waals surface area contributed by atoms with Crippen LogP contribution in [0.15, 0.2) is 11.0 Å². The maximum atomic E-state index is 12.6. The Kier molecular flexibility index (Phi) is 4.15. The van der Waals surface area contributed by atoms with Crippen LogP contribution in [0, 0.1) is 0 Å². The van der Waals surface area contributed by atoms with Gasteiger partial charge in [-0.3, -0.25) is 14.7 Å². The van der Waals surface area contributed by atoms with Crippen LogP contribution in [0.3, 0.4) is 0 Å². The van der Waals surface area contributed by atoms with Crippen LogP contribution >= 0.6 is 11.8 Å². The van der Waals surface area contributed by atoms with Crippen molar-refractivity contribution in [3.8, 4) is 0 Å². The van der Waals surface area contributed by atoms with Crippen molar-refractivity contribution in [2.75, 3.05) is 6.61 Å². The lowest BCUT2D eigenvalue weighted by atomic mass is 9.99. The zero-order valence-electron chi connectivity index (χ0n) is 12.2. The molecule has 7 heteroatoms. The van der Waals surface area contributed by atoms with E-state index < -0.39 is 5.97 Å². The van der Waals surface area contributed by atoms with Crippen LogP contribution in [0.2, 0.25) is 0 Å². The number of H-pyrrole nitrogens is 1. The zero-order valence-corrected chi connectivity index (χ0v) is 13.0. The monoisotopic (exact) mass is 320 g/mol. The van der Waals surface area contributed by atoms with Crippen LogP contribution in [0.25, 0.3) is 0 Å². The Bertz CT molecular complexity index is 671. The van der Waals surface area contributed by atoms with Crippen molar-refractivity contribution in [3.63, 3.8) is 0 Å². The summed E-state index contributed by atoms with van der Waals surface area (Å²) in [7, 11) is 0. The van der Waals surface area contributed by atoms with Crippen molar-refractivity contribution in [3.05, 3.63) is 27.9 Å². The molecule has 116 valence electrons. The lowest BCUT2D eigenvalue weighted by molar-refractivity contribution is 0.0516. The van der Waals surface area contributed by atoms with Gasteiger partial charge in [-0.25, -0.2) is 4.79 Å². The number of carbonyl (C=O) groups excluding carboxylic acids is 3. The molecule has 2 aliphatic carbocycles. The van der Waals surface area contributed by atoms with Crippen LogP contribution in [0.1, 0.15) is 63.9 Å². The molecular formula is C15H16N2O4S. The van der Waals surface area contributed by atoms with Gasteiger partial charge in [0.15, 0.2) is 5.69 Å². The first-order valence-corrected chi connectivity index (χ1v) is 8.22. The van der Waals surface area contributed by atoms with E-state index in [0.717, 1.165) is 25.7 Å². The first kappa shape index (κ1) is 15.0. The van der Waals surface area contributed by atoms with Gasteiger partial charge in [0.05, 0.1) is 17.1 Å². The molecule has 3 rings (SSSR count). The minimum absolute atomic E-state index is 0.00354. The number of ketones is 2. The molecule has 0 aliphatic heterocycles. The minimum Gasteiger partial charge on any atom is -0.461 e. The number of Topliss-reactive ketones (excluding diaryl/α,β-unsaturated/α-hetero) is 1. The molecule has 22 heavy (non-hydrogen) atoms. The van der Waals surface area contributed by atoms with E-state index in [0.29, 0.717) is 10.2 Å². The Morgan fingerprint density at radius 1 is 1.41 bits per heavy atom. The summed E-state index contributed by atoms with van der Waals surface area (Å²) in [6.07, 6.45) is 5.73. The van der Waals surface area contributed by atoms with Gasteiger partial charge in [0.25, 0.3) is 0 Å². The molecule has 0 radical (unpaired) electrons. The standard InChI is InChI=1S/C15H16N2O4S/c1-2-21-15(20)13-11-12(16-17-13)9(18)7-10(14(11)19)22-8-5-3-4-6-8/h7-8H,2-6H2,1H3,(H,16,17). The summed E-state index contributed by atoms with van der Waals surface area (Å²) >= 11 is 1.44. The molecule has 0 atom stereocenters. The number of hydrogen-bond donors (Lipinski definition) is 1. The van der Waals surface area contributed by atoms with E-state index in [1.807, 2.05) is 0 Å². The summed E-state index contributed by atoms with van der Waals surface area (Å²) in [5.74, 6) is -1.32. The Hall–Kier alpha value is -1.89. The van der Waals surface area contributed by atoms with Gasteiger partial charge in [-0.2, -0.15) is 5.10 Å². The van der Waals surface area contributed by atoms with Crippen LogP contribution in [0.5, 0.6) is 0 Å². The third-order valence-corrected chi connectivity index (χ3v) is 5.15. The Morgan fingerprint density at radius 3 is 2.82 bits per heavy atom. The molecule has 0 spiro atoms. The van der Waals surface area contributed by atoms with Crippen molar-refractivity contribution >= 4 is 29.3 Å². The second kappa shape index (κ2) is 6.08. The second-order valence-electron chi connectivity index (χ2n) is 5.27. The number of fused-ring (bicyclic) bond motifs is 1. The highest BCUT2D eigenvalue weighted by molar-refractivity contribution is 8.04. The largest absolute Gasteiger partial charge is 0.461 e. The molecule has 1 heterocycles. The summed E-state index contributed by atoms with van der Waals surface area (Å²) in [6.45, 7) is 1.86. The highest BCUT2D eigenvalue weighted by Gasteiger charge is 2.35. The second-order valence-corrected chi connectivity index (χ2v) is 6.61. The first-order chi connectivity index (χ1) is 10.6. The quantitative estimate of drug-likeness (QED) is 0.858. The average Bonchev–Trinajstić information content (AvgIpc) is 3.14. The van der Waals surface area contributed by atoms with Crippen molar-refractivity contribution in [1.29, 1.82) is 0 Å². The van der Waals surface area contributed by atoms with Crippen molar-refractivity contribution < 1.29 is 19.1 Å². The topological polar surface area (TPSA) is 89.1 Å². The van der Waals surface area contributed by atoms with E-state index in [4.69, 9.17) is 4.74 Å². The van der Waals surface area contributed by atoms with E-state index in [-0.39, 0.29) is 35.1 Å². The molecule has 1 N–H and O–H groups in total. The van der Waals surface area contributed by atoms with Crippen LogP contribution < -0.4 is 0 Å². The SMILES string of the molecule is CCOC(=O)c1[nH]nc2c1C(=O)C(SC1CCCC1)=CC2=O. The number of nitrogens with zero attached hydrogens (tertiary/aromatic N) is 1. The maximum Gasteiger partial charge on any atom is 0.357 e. The molecule has 0 aromatic carbocycles. The molecule has 1 aromatic heterocycles. The number of aromatic amines is 1. The normalized spacial score (nSPS) is 18.3. The highest BCUT2D eigenvalue weighted by atomic mass is 32.2. The highest BCUT2D eigenvalue weighted by Crippen LogP contribution is 2.38.